The summed E-state index contributed by atoms with van der Waals surface area (Å²) in [5.74, 6) is -3.48. The van der Waals surface area contributed by atoms with Gasteiger partial charge in [-0.3, -0.25) is 9.59 Å². The van der Waals surface area contributed by atoms with Crippen LogP contribution in [-0.2, 0) is 6.54 Å². The van der Waals surface area contributed by atoms with Gasteiger partial charge in [0.05, 0.1) is 16.6 Å². The smallest absolute Gasteiger partial charge is 0.341 e. The van der Waals surface area contributed by atoms with E-state index in [4.69, 9.17) is 5.11 Å². The molecule has 0 atom stereocenters. The molecule has 2 saturated heterocycles. The molecule has 0 unspecified atom stereocenters. The number of aryl methyl sites for hydroxylation is 1. The number of fused-ring (bicyclic) bond motifs is 2. The van der Waals surface area contributed by atoms with Crippen LogP contribution in [0, 0.1) is 11.6 Å². The van der Waals surface area contributed by atoms with Crippen molar-refractivity contribution in [2.75, 3.05) is 68.7 Å². The molecule has 3 fully saturated rings. The highest BCUT2D eigenvalue weighted by Crippen LogP contribution is 2.38. The van der Waals surface area contributed by atoms with E-state index in [9.17, 15) is 33.1 Å². The van der Waals surface area contributed by atoms with Crippen molar-refractivity contribution in [1.82, 2.24) is 24.3 Å². The molecule has 3 N–H and O–H groups in total. The standard InChI is InChI=1S/C19H22FN3O3.C15H17FN4O3/c1-2-21-5-7-22(8-6-21)17-10-16-13(9-15(17)20)18(24)14(19(25)26)11-23(16)12-3-4-12;1-2-19-8-10(15(22)23)12(21)9-7-11(16)14(18-13(9)19)20-5-3-17-4-6-20/h9-12H,2-8H2,1H3,(H,25,26);7-8,17H,2-6H2,1H3,(H,22,23). The number of hydrogen-bond donors (Lipinski definition) is 3. The number of likely N-dealkylation sites (N-methyl/N-ethyl adjacent to an activating group) is 1. The van der Waals surface area contributed by atoms with Gasteiger partial charge in [-0.2, -0.15) is 0 Å². The summed E-state index contributed by atoms with van der Waals surface area (Å²) < 4.78 is 32.6. The number of aromatic nitrogens is 3. The number of carboxylic acid groups (broad SMARTS) is 2. The zero-order chi connectivity index (χ0) is 35.0. The molecule has 1 aromatic carbocycles. The number of halogens is 2. The largest absolute Gasteiger partial charge is 0.477 e. The molecular formula is C34H39F2N7O6. The van der Waals surface area contributed by atoms with Crippen molar-refractivity contribution in [2.24, 2.45) is 0 Å². The molecule has 4 aromatic rings. The van der Waals surface area contributed by atoms with E-state index in [0.717, 1.165) is 64.7 Å². The van der Waals surface area contributed by atoms with E-state index in [1.54, 1.807) is 10.6 Å². The molecule has 15 heteroatoms. The van der Waals surface area contributed by atoms with Crippen LogP contribution in [0.1, 0.15) is 53.4 Å². The Morgan fingerprint density at radius 2 is 1.43 bits per heavy atom. The molecule has 0 spiro atoms. The molecule has 3 aromatic heterocycles. The third-order valence-corrected chi connectivity index (χ3v) is 9.40. The Hall–Kier alpha value is -4.89. The summed E-state index contributed by atoms with van der Waals surface area (Å²) in [5, 5.41) is 21.8. The maximum Gasteiger partial charge on any atom is 0.341 e. The van der Waals surface area contributed by atoms with E-state index < -0.39 is 34.4 Å². The van der Waals surface area contributed by atoms with Gasteiger partial charge in [-0.1, -0.05) is 6.92 Å². The first-order chi connectivity index (χ1) is 23.5. The van der Waals surface area contributed by atoms with Crippen LogP contribution < -0.4 is 26.0 Å². The first kappa shape index (κ1) is 34.0. The van der Waals surface area contributed by atoms with Crippen molar-refractivity contribution in [3.8, 4) is 0 Å². The van der Waals surface area contributed by atoms with Gasteiger partial charge in [0.1, 0.15) is 22.6 Å². The Morgan fingerprint density at radius 1 is 0.816 bits per heavy atom. The summed E-state index contributed by atoms with van der Waals surface area (Å²) in [6.07, 6.45) is 4.57. The Morgan fingerprint density at radius 3 is 2.02 bits per heavy atom. The minimum absolute atomic E-state index is 0.0110. The Labute approximate surface area is 280 Å². The zero-order valence-corrected chi connectivity index (χ0v) is 27.4. The van der Waals surface area contributed by atoms with Gasteiger partial charge in [-0.15, -0.1) is 0 Å². The van der Waals surface area contributed by atoms with Crippen LogP contribution in [0.3, 0.4) is 0 Å². The molecule has 260 valence electrons. The number of hydrogen-bond acceptors (Lipinski definition) is 9. The highest BCUT2D eigenvalue weighted by Gasteiger charge is 2.28. The van der Waals surface area contributed by atoms with Gasteiger partial charge in [0, 0.05) is 82.7 Å². The van der Waals surface area contributed by atoms with E-state index >= 15 is 0 Å². The predicted octanol–water partition coefficient (Wildman–Crippen LogP) is 2.98. The first-order valence-electron chi connectivity index (χ1n) is 16.5. The van der Waals surface area contributed by atoms with E-state index in [-0.39, 0.29) is 33.8 Å². The first-order valence-corrected chi connectivity index (χ1v) is 16.5. The molecule has 13 nitrogen and oxygen atoms in total. The third-order valence-electron chi connectivity index (χ3n) is 9.40. The van der Waals surface area contributed by atoms with Crippen LogP contribution in [0.25, 0.3) is 21.9 Å². The maximum absolute atomic E-state index is 14.8. The van der Waals surface area contributed by atoms with E-state index in [1.807, 2.05) is 21.3 Å². The van der Waals surface area contributed by atoms with Crippen molar-refractivity contribution < 1.29 is 28.6 Å². The Kier molecular flexibility index (Phi) is 9.65. The molecule has 1 saturated carbocycles. The molecule has 49 heavy (non-hydrogen) atoms. The monoisotopic (exact) mass is 679 g/mol. The molecule has 5 heterocycles. The molecular weight excluding hydrogens is 640 g/mol. The number of piperazine rings is 2. The quantitative estimate of drug-likeness (QED) is 0.264. The molecule has 0 amide bonds. The number of benzene rings is 1. The number of anilines is 2. The fraction of sp³-hybridized carbons (Fsp3) is 0.441. The Balaban J connectivity index is 0.000000171. The number of nitrogens with one attached hydrogen (secondary N) is 1. The van der Waals surface area contributed by atoms with Gasteiger partial charge >= 0.3 is 11.9 Å². The van der Waals surface area contributed by atoms with Crippen molar-refractivity contribution in [2.45, 2.75) is 39.3 Å². The van der Waals surface area contributed by atoms with Crippen LogP contribution >= 0.6 is 0 Å². The van der Waals surface area contributed by atoms with E-state index in [0.29, 0.717) is 36.5 Å². The van der Waals surface area contributed by atoms with Crippen molar-refractivity contribution in [3.63, 3.8) is 0 Å². The predicted molar refractivity (Wildman–Crippen MR) is 181 cm³/mol. The number of rotatable bonds is 7. The summed E-state index contributed by atoms with van der Waals surface area (Å²) in [7, 11) is 0. The number of carbonyl (C=O) groups is 2. The topological polar surface area (TPSA) is 153 Å². The highest BCUT2D eigenvalue weighted by atomic mass is 19.1. The Bertz CT molecular complexity index is 2050. The van der Waals surface area contributed by atoms with Gasteiger partial charge < -0.3 is 39.4 Å². The van der Waals surface area contributed by atoms with Crippen molar-refractivity contribution in [1.29, 1.82) is 0 Å². The van der Waals surface area contributed by atoms with Crippen LogP contribution in [0.4, 0.5) is 20.3 Å². The summed E-state index contributed by atoms with van der Waals surface area (Å²) in [5.41, 5.74) is -0.593. The molecule has 3 aliphatic rings. The van der Waals surface area contributed by atoms with Gasteiger partial charge in [0.25, 0.3) is 0 Å². The van der Waals surface area contributed by atoms with Gasteiger partial charge in [0.15, 0.2) is 11.6 Å². The number of carboxylic acids is 2. The van der Waals surface area contributed by atoms with Gasteiger partial charge in [-0.25, -0.2) is 23.4 Å². The molecule has 0 radical (unpaired) electrons. The third kappa shape index (κ3) is 6.72. The molecule has 0 bridgehead atoms. The minimum atomic E-state index is -1.33. The number of aromatic carboxylic acids is 2. The summed E-state index contributed by atoms with van der Waals surface area (Å²) in [4.78, 5) is 57.8. The summed E-state index contributed by atoms with van der Waals surface area (Å²) >= 11 is 0. The lowest BCUT2D eigenvalue weighted by Crippen LogP contribution is -2.46. The maximum atomic E-state index is 14.8. The normalized spacial score (nSPS) is 16.9. The highest BCUT2D eigenvalue weighted by molar-refractivity contribution is 5.94. The van der Waals surface area contributed by atoms with Crippen molar-refractivity contribution >= 4 is 45.4 Å². The van der Waals surface area contributed by atoms with E-state index in [1.165, 1.54) is 18.5 Å². The minimum Gasteiger partial charge on any atom is -0.477 e. The fourth-order valence-electron chi connectivity index (χ4n) is 6.48. The zero-order valence-electron chi connectivity index (χ0n) is 27.4. The second kappa shape index (κ2) is 13.9. The molecule has 7 rings (SSSR count). The van der Waals surface area contributed by atoms with Gasteiger partial charge in [-0.05, 0) is 44.5 Å². The van der Waals surface area contributed by atoms with Crippen LogP contribution in [-0.4, -0.2) is 100 Å². The SMILES string of the molecule is CCN1CCN(c2cc3c(cc2F)c(=O)c(C(=O)O)cn3C2CC2)CC1.CCn1cc(C(=O)O)c(=O)c2cc(F)c(N3CCNCC3)nc21. The summed E-state index contributed by atoms with van der Waals surface area (Å²) in [6.45, 7) is 11.3. The van der Waals surface area contributed by atoms with Gasteiger partial charge in [0.2, 0.25) is 10.9 Å². The molecule has 2 aliphatic heterocycles. The number of nitrogens with zero attached hydrogens (tertiary/aromatic N) is 6. The van der Waals surface area contributed by atoms with Crippen LogP contribution in [0.5, 0.6) is 0 Å². The number of pyridine rings is 3. The van der Waals surface area contributed by atoms with Crippen molar-refractivity contribution in [3.05, 3.63) is 73.8 Å². The fourth-order valence-corrected chi connectivity index (χ4v) is 6.48. The van der Waals surface area contributed by atoms with E-state index in [2.05, 4.69) is 22.1 Å². The lowest BCUT2D eigenvalue weighted by atomic mass is 10.1. The summed E-state index contributed by atoms with van der Waals surface area (Å²) in [6, 6.07) is 4.22. The van der Waals surface area contributed by atoms with Crippen LogP contribution in [0.15, 0.2) is 40.2 Å². The lowest BCUT2D eigenvalue weighted by molar-refractivity contribution is 0.0684. The average Bonchev–Trinajstić information content (AvgIpc) is 3.95. The second-order valence-corrected chi connectivity index (χ2v) is 12.4. The molecule has 1 aliphatic carbocycles. The lowest BCUT2D eigenvalue weighted by Gasteiger charge is -2.35. The van der Waals surface area contributed by atoms with Crippen LogP contribution in [0.2, 0.25) is 0 Å². The second-order valence-electron chi connectivity index (χ2n) is 12.4. The average molecular weight is 680 g/mol.